The molecular weight excluding hydrogens is 264 g/mol. The molecule has 4 rings (SSSR count). The van der Waals surface area contributed by atoms with Crippen LogP contribution in [0.2, 0.25) is 0 Å². The van der Waals surface area contributed by atoms with Crippen molar-refractivity contribution in [3.8, 4) is 0 Å². The summed E-state index contributed by atoms with van der Waals surface area (Å²) in [4.78, 5) is 28.8. The highest BCUT2D eigenvalue weighted by Crippen LogP contribution is 2.34. The minimum Gasteiger partial charge on any atom is -0.339 e. The van der Waals surface area contributed by atoms with Crippen LogP contribution in [0.25, 0.3) is 0 Å². The van der Waals surface area contributed by atoms with Gasteiger partial charge in [-0.3, -0.25) is 9.59 Å². The van der Waals surface area contributed by atoms with Crippen molar-refractivity contribution in [2.24, 2.45) is 5.92 Å². The molecule has 1 atom stereocenters. The molecule has 21 heavy (non-hydrogen) atoms. The third-order valence-electron chi connectivity index (χ3n) is 5.18. The summed E-state index contributed by atoms with van der Waals surface area (Å²) in [5, 5.41) is 0. The maximum Gasteiger partial charge on any atom is 0.232 e. The van der Waals surface area contributed by atoms with E-state index < -0.39 is 0 Å². The Bertz CT molecular complexity index is 594. The van der Waals surface area contributed by atoms with Gasteiger partial charge >= 0.3 is 0 Å². The van der Waals surface area contributed by atoms with Gasteiger partial charge in [0.1, 0.15) is 0 Å². The number of fused-ring (bicyclic) bond motifs is 1. The maximum atomic E-state index is 12.8. The van der Waals surface area contributed by atoms with Gasteiger partial charge in [0.2, 0.25) is 11.8 Å². The summed E-state index contributed by atoms with van der Waals surface area (Å²) in [6, 6.07) is 8.50. The first-order valence-corrected chi connectivity index (χ1v) is 7.93. The van der Waals surface area contributed by atoms with Crippen molar-refractivity contribution in [2.45, 2.75) is 38.1 Å². The number of benzene rings is 1. The lowest BCUT2D eigenvalue weighted by Crippen LogP contribution is -2.42. The molecule has 1 saturated heterocycles. The molecular formula is C17H20N2O2. The van der Waals surface area contributed by atoms with Gasteiger partial charge in [0.25, 0.3) is 0 Å². The Labute approximate surface area is 124 Å². The van der Waals surface area contributed by atoms with Gasteiger partial charge in [0.15, 0.2) is 0 Å². The lowest BCUT2D eigenvalue weighted by molar-refractivity contribution is -0.131. The zero-order chi connectivity index (χ0) is 14.4. The molecule has 110 valence electrons. The molecule has 2 heterocycles. The van der Waals surface area contributed by atoms with E-state index in [1.54, 1.807) is 0 Å². The van der Waals surface area contributed by atoms with Gasteiger partial charge < -0.3 is 9.80 Å². The highest BCUT2D eigenvalue weighted by Gasteiger charge is 2.41. The van der Waals surface area contributed by atoms with Crippen molar-refractivity contribution in [1.82, 2.24) is 4.90 Å². The van der Waals surface area contributed by atoms with Crippen LogP contribution in [0.5, 0.6) is 0 Å². The van der Waals surface area contributed by atoms with Crippen molar-refractivity contribution in [1.29, 1.82) is 0 Å². The van der Waals surface area contributed by atoms with Gasteiger partial charge in [0.05, 0.1) is 5.92 Å². The molecule has 2 aliphatic heterocycles. The summed E-state index contributed by atoms with van der Waals surface area (Å²) in [5.74, 6) is 0.157. The minimum absolute atomic E-state index is 0.134. The molecule has 2 fully saturated rings. The number of likely N-dealkylation sites (tertiary alicyclic amines) is 1. The summed E-state index contributed by atoms with van der Waals surface area (Å²) in [6.45, 7) is 1.38. The maximum absolute atomic E-state index is 12.8. The number of rotatable bonds is 2. The van der Waals surface area contributed by atoms with Crippen LogP contribution in [0.1, 0.15) is 31.2 Å². The summed E-state index contributed by atoms with van der Waals surface area (Å²) in [6.07, 6.45) is 4.76. The number of amides is 2. The van der Waals surface area contributed by atoms with Gasteiger partial charge in [0, 0.05) is 31.2 Å². The molecule has 1 aromatic carbocycles. The summed E-state index contributed by atoms with van der Waals surface area (Å²) in [7, 11) is 0. The number of hydrogen-bond acceptors (Lipinski definition) is 2. The fourth-order valence-electron chi connectivity index (χ4n) is 3.74. The topological polar surface area (TPSA) is 40.6 Å². The van der Waals surface area contributed by atoms with Gasteiger partial charge in [-0.25, -0.2) is 0 Å². The standard InChI is InChI=1S/C17H20N2O2/c20-16-10-13(11-19(16)14-5-3-6-14)17(21)18-9-8-12-4-1-2-7-15(12)18/h1-2,4,7,13-14H,3,5-6,8-11H2. The molecule has 4 nitrogen and oxygen atoms in total. The molecule has 0 spiro atoms. The van der Waals surface area contributed by atoms with Crippen LogP contribution < -0.4 is 4.90 Å². The third-order valence-corrected chi connectivity index (χ3v) is 5.18. The van der Waals surface area contributed by atoms with E-state index >= 15 is 0 Å². The van der Waals surface area contributed by atoms with Crippen LogP contribution in [0.3, 0.4) is 0 Å². The number of hydrogen-bond donors (Lipinski definition) is 0. The van der Waals surface area contributed by atoms with E-state index in [0.29, 0.717) is 19.0 Å². The van der Waals surface area contributed by atoms with E-state index in [1.807, 2.05) is 28.0 Å². The molecule has 1 aliphatic carbocycles. The number of carbonyl (C=O) groups excluding carboxylic acids is 2. The number of anilines is 1. The Morgan fingerprint density at radius 3 is 2.76 bits per heavy atom. The van der Waals surface area contributed by atoms with Crippen molar-refractivity contribution < 1.29 is 9.59 Å². The SMILES string of the molecule is O=C(C1CC(=O)N(C2CCC2)C1)N1CCc2ccccc21. The Morgan fingerprint density at radius 2 is 2.00 bits per heavy atom. The molecule has 3 aliphatic rings. The Kier molecular flexibility index (Phi) is 2.98. The quantitative estimate of drug-likeness (QED) is 0.833. The Hall–Kier alpha value is -1.84. The van der Waals surface area contributed by atoms with E-state index in [9.17, 15) is 9.59 Å². The smallest absolute Gasteiger partial charge is 0.232 e. The van der Waals surface area contributed by atoms with Gasteiger partial charge in [-0.2, -0.15) is 0 Å². The highest BCUT2D eigenvalue weighted by atomic mass is 16.2. The summed E-state index contributed by atoms with van der Waals surface area (Å²) in [5.41, 5.74) is 2.28. The molecule has 1 unspecified atom stereocenters. The fraction of sp³-hybridized carbons (Fsp3) is 0.529. The molecule has 0 N–H and O–H groups in total. The fourth-order valence-corrected chi connectivity index (χ4v) is 3.74. The van der Waals surface area contributed by atoms with Crippen LogP contribution in [0, 0.1) is 5.92 Å². The van der Waals surface area contributed by atoms with Crippen LogP contribution in [-0.2, 0) is 16.0 Å². The monoisotopic (exact) mass is 284 g/mol. The molecule has 4 heteroatoms. The molecule has 0 aromatic heterocycles. The normalized spacial score (nSPS) is 25.1. The highest BCUT2D eigenvalue weighted by molar-refractivity contribution is 6.00. The van der Waals surface area contributed by atoms with Gasteiger partial charge in [-0.05, 0) is 37.3 Å². The minimum atomic E-state index is -0.149. The predicted octanol–water partition coefficient (Wildman–Crippen LogP) is 1.98. The van der Waals surface area contributed by atoms with Crippen molar-refractivity contribution >= 4 is 17.5 Å². The number of para-hydroxylation sites is 1. The first-order chi connectivity index (χ1) is 10.2. The van der Waals surface area contributed by atoms with E-state index in [1.165, 1.54) is 12.0 Å². The van der Waals surface area contributed by atoms with Crippen LogP contribution in [0.4, 0.5) is 5.69 Å². The number of nitrogens with zero attached hydrogens (tertiary/aromatic N) is 2. The van der Waals surface area contributed by atoms with Crippen molar-refractivity contribution in [3.05, 3.63) is 29.8 Å². The van der Waals surface area contributed by atoms with Crippen LogP contribution >= 0.6 is 0 Å². The lowest BCUT2D eigenvalue weighted by Gasteiger charge is -2.34. The zero-order valence-electron chi connectivity index (χ0n) is 12.1. The first kappa shape index (κ1) is 12.9. The average molecular weight is 284 g/mol. The predicted molar refractivity (Wildman–Crippen MR) is 80.0 cm³/mol. The van der Waals surface area contributed by atoms with E-state index in [0.717, 1.165) is 31.5 Å². The molecule has 0 bridgehead atoms. The third kappa shape index (κ3) is 2.04. The van der Waals surface area contributed by atoms with Crippen LogP contribution in [0.15, 0.2) is 24.3 Å². The largest absolute Gasteiger partial charge is 0.339 e. The second-order valence-corrected chi connectivity index (χ2v) is 6.40. The van der Waals surface area contributed by atoms with Crippen molar-refractivity contribution in [2.75, 3.05) is 18.0 Å². The van der Waals surface area contributed by atoms with Gasteiger partial charge in [-0.15, -0.1) is 0 Å². The molecule has 1 aromatic rings. The summed E-state index contributed by atoms with van der Waals surface area (Å²) < 4.78 is 0. The average Bonchev–Trinajstić information content (AvgIpc) is 3.01. The van der Waals surface area contributed by atoms with Crippen LogP contribution in [-0.4, -0.2) is 35.8 Å². The van der Waals surface area contributed by atoms with E-state index in [4.69, 9.17) is 0 Å². The van der Waals surface area contributed by atoms with E-state index in [-0.39, 0.29) is 17.7 Å². The van der Waals surface area contributed by atoms with Gasteiger partial charge in [-0.1, -0.05) is 18.2 Å². The van der Waals surface area contributed by atoms with Crippen molar-refractivity contribution in [3.63, 3.8) is 0 Å². The lowest BCUT2D eigenvalue weighted by atomic mass is 9.92. The zero-order valence-corrected chi connectivity index (χ0v) is 12.1. The molecule has 1 saturated carbocycles. The Morgan fingerprint density at radius 1 is 1.19 bits per heavy atom. The second-order valence-electron chi connectivity index (χ2n) is 6.40. The molecule has 0 radical (unpaired) electrons. The molecule has 2 amide bonds. The first-order valence-electron chi connectivity index (χ1n) is 7.93. The second kappa shape index (κ2) is 4.86. The van der Waals surface area contributed by atoms with E-state index in [2.05, 4.69) is 6.07 Å². The number of carbonyl (C=O) groups is 2. The Balaban J connectivity index is 1.50. The summed E-state index contributed by atoms with van der Waals surface area (Å²) >= 11 is 0.